The summed E-state index contributed by atoms with van der Waals surface area (Å²) >= 11 is 6.32. The van der Waals surface area contributed by atoms with E-state index >= 15 is 0 Å². The highest BCUT2D eigenvalue weighted by atomic mass is 35.5. The molecule has 7 nitrogen and oxygen atoms in total. The van der Waals surface area contributed by atoms with Crippen molar-refractivity contribution in [1.29, 1.82) is 0 Å². The summed E-state index contributed by atoms with van der Waals surface area (Å²) in [5.74, 6) is 0.385. The van der Waals surface area contributed by atoms with Gasteiger partial charge in [-0.05, 0) is 18.2 Å². The first-order valence-corrected chi connectivity index (χ1v) is 9.35. The summed E-state index contributed by atoms with van der Waals surface area (Å²) in [5, 5.41) is 6.49. The second-order valence-electron chi connectivity index (χ2n) is 6.95. The number of piperazine rings is 1. The van der Waals surface area contributed by atoms with Crippen LogP contribution >= 0.6 is 24.0 Å². The Hall–Kier alpha value is -2.09. The quantitative estimate of drug-likeness (QED) is 0.788. The molecule has 1 aliphatic rings. The van der Waals surface area contributed by atoms with E-state index in [1.807, 2.05) is 31.7 Å². The second kappa shape index (κ2) is 9.41. The third-order valence-electron chi connectivity index (χ3n) is 4.65. The molecule has 1 atom stereocenters. The first-order chi connectivity index (χ1) is 12.9. The fourth-order valence-electron chi connectivity index (χ4n) is 3.08. The monoisotopic (exact) mass is 425 g/mol. The van der Waals surface area contributed by atoms with Gasteiger partial charge in [0.2, 0.25) is 5.91 Å². The van der Waals surface area contributed by atoms with Gasteiger partial charge in [-0.3, -0.25) is 9.59 Å². The summed E-state index contributed by atoms with van der Waals surface area (Å²) in [7, 11) is 1.91. The third-order valence-corrected chi connectivity index (χ3v) is 4.98. The number of halogens is 2. The maximum Gasteiger partial charge on any atom is 0.256 e. The van der Waals surface area contributed by atoms with Crippen molar-refractivity contribution >= 4 is 41.5 Å². The minimum atomic E-state index is -0.184. The molecule has 1 unspecified atom stereocenters. The highest BCUT2D eigenvalue weighted by molar-refractivity contribution is 6.34. The molecule has 0 bridgehead atoms. The summed E-state index contributed by atoms with van der Waals surface area (Å²) in [5.41, 5.74) is 0.935. The lowest BCUT2D eigenvalue weighted by molar-refractivity contribution is -0.118. The minimum Gasteiger partial charge on any atom is -0.336 e. The van der Waals surface area contributed by atoms with Crippen LogP contribution in [-0.4, -0.2) is 45.9 Å². The van der Waals surface area contributed by atoms with Crippen LogP contribution in [0.1, 0.15) is 36.1 Å². The lowest BCUT2D eigenvalue weighted by Gasteiger charge is -2.36. The van der Waals surface area contributed by atoms with Crippen LogP contribution in [0.2, 0.25) is 5.02 Å². The van der Waals surface area contributed by atoms with Gasteiger partial charge in [-0.15, -0.1) is 12.4 Å². The first kappa shape index (κ1) is 22.2. The highest BCUT2D eigenvalue weighted by Crippen LogP contribution is 2.27. The van der Waals surface area contributed by atoms with Crippen molar-refractivity contribution in [2.75, 3.05) is 25.0 Å². The molecule has 1 aromatic heterocycles. The van der Waals surface area contributed by atoms with Crippen molar-refractivity contribution in [3.63, 3.8) is 0 Å². The normalized spacial score (nSPS) is 16.6. The second-order valence-corrected chi connectivity index (χ2v) is 7.36. The number of carbonyl (C=O) groups excluding carboxylic acids is 2. The number of carbonyl (C=O) groups is 2. The SMILES string of the molecule is CC(C)C(=O)Nc1ccc(Cl)c(C(=O)N2CCNCC2c2nccn2C)c1.Cl. The molecule has 2 amide bonds. The number of aromatic nitrogens is 2. The molecule has 1 aliphatic heterocycles. The summed E-state index contributed by atoms with van der Waals surface area (Å²) in [6.45, 7) is 5.51. The molecule has 0 aliphatic carbocycles. The Balaban J connectivity index is 0.00000280. The number of rotatable bonds is 4. The van der Waals surface area contributed by atoms with Crippen LogP contribution in [0.15, 0.2) is 30.6 Å². The number of hydrogen-bond donors (Lipinski definition) is 2. The zero-order chi connectivity index (χ0) is 19.6. The van der Waals surface area contributed by atoms with E-state index in [4.69, 9.17) is 11.6 Å². The number of nitrogens with zero attached hydrogens (tertiary/aromatic N) is 3. The Labute approximate surface area is 175 Å². The average molecular weight is 426 g/mol. The van der Waals surface area contributed by atoms with Gasteiger partial charge in [-0.25, -0.2) is 4.98 Å². The van der Waals surface area contributed by atoms with Gasteiger partial charge in [-0.1, -0.05) is 25.4 Å². The van der Waals surface area contributed by atoms with E-state index in [-0.39, 0.29) is 36.2 Å². The van der Waals surface area contributed by atoms with E-state index in [0.717, 1.165) is 5.82 Å². The Bertz CT molecular complexity index is 853. The number of hydrogen-bond acceptors (Lipinski definition) is 4. The van der Waals surface area contributed by atoms with E-state index in [0.29, 0.717) is 35.9 Å². The Morgan fingerprint density at radius 2 is 2.11 bits per heavy atom. The number of aryl methyl sites for hydroxylation is 1. The lowest BCUT2D eigenvalue weighted by Crippen LogP contribution is -2.49. The van der Waals surface area contributed by atoms with Crippen molar-refractivity contribution in [3.05, 3.63) is 47.0 Å². The average Bonchev–Trinajstić information content (AvgIpc) is 3.08. The number of anilines is 1. The molecule has 2 heterocycles. The fourth-order valence-corrected chi connectivity index (χ4v) is 3.28. The smallest absolute Gasteiger partial charge is 0.256 e. The van der Waals surface area contributed by atoms with Crippen LogP contribution in [0.4, 0.5) is 5.69 Å². The van der Waals surface area contributed by atoms with E-state index in [1.165, 1.54) is 0 Å². The van der Waals surface area contributed by atoms with Crippen LogP contribution in [-0.2, 0) is 11.8 Å². The van der Waals surface area contributed by atoms with Crippen molar-refractivity contribution in [2.24, 2.45) is 13.0 Å². The molecule has 2 N–H and O–H groups in total. The molecule has 1 saturated heterocycles. The van der Waals surface area contributed by atoms with Crippen molar-refractivity contribution in [2.45, 2.75) is 19.9 Å². The molecular weight excluding hydrogens is 401 g/mol. The third kappa shape index (κ3) is 4.66. The number of imidazole rings is 1. The topological polar surface area (TPSA) is 79.3 Å². The van der Waals surface area contributed by atoms with E-state index < -0.39 is 0 Å². The fraction of sp³-hybridized carbons (Fsp3) is 0.421. The van der Waals surface area contributed by atoms with Gasteiger partial charge in [0.15, 0.2) is 0 Å². The van der Waals surface area contributed by atoms with Gasteiger partial charge in [0.05, 0.1) is 10.6 Å². The van der Waals surface area contributed by atoms with Crippen LogP contribution in [0.5, 0.6) is 0 Å². The Morgan fingerprint density at radius 3 is 2.75 bits per heavy atom. The van der Waals surface area contributed by atoms with Gasteiger partial charge in [0.1, 0.15) is 11.9 Å². The number of amides is 2. The van der Waals surface area contributed by atoms with Crippen LogP contribution < -0.4 is 10.6 Å². The van der Waals surface area contributed by atoms with E-state index in [9.17, 15) is 9.59 Å². The first-order valence-electron chi connectivity index (χ1n) is 8.97. The molecule has 2 aromatic rings. The van der Waals surface area contributed by atoms with Crippen LogP contribution in [0, 0.1) is 5.92 Å². The van der Waals surface area contributed by atoms with Crippen LogP contribution in [0.3, 0.4) is 0 Å². The molecule has 152 valence electrons. The van der Waals surface area contributed by atoms with E-state index in [1.54, 1.807) is 29.3 Å². The molecule has 0 saturated carbocycles. The Kier molecular flexibility index (Phi) is 7.46. The van der Waals surface area contributed by atoms with Crippen LogP contribution in [0.25, 0.3) is 0 Å². The van der Waals surface area contributed by atoms with E-state index in [2.05, 4.69) is 15.6 Å². The molecule has 1 fully saturated rings. The Morgan fingerprint density at radius 1 is 1.36 bits per heavy atom. The predicted octanol–water partition coefficient (Wildman–Crippen LogP) is 2.88. The lowest BCUT2D eigenvalue weighted by atomic mass is 10.1. The molecule has 28 heavy (non-hydrogen) atoms. The number of nitrogens with one attached hydrogen (secondary N) is 2. The van der Waals surface area contributed by atoms with Gasteiger partial charge < -0.3 is 20.1 Å². The molecule has 9 heteroatoms. The van der Waals surface area contributed by atoms with Crippen molar-refractivity contribution in [1.82, 2.24) is 19.8 Å². The molecular formula is C19H25Cl2N5O2. The predicted molar refractivity (Wildman–Crippen MR) is 112 cm³/mol. The van der Waals surface area contributed by atoms with Crippen molar-refractivity contribution in [3.8, 4) is 0 Å². The molecule has 3 rings (SSSR count). The van der Waals surface area contributed by atoms with Gasteiger partial charge >= 0.3 is 0 Å². The summed E-state index contributed by atoms with van der Waals surface area (Å²) < 4.78 is 1.92. The van der Waals surface area contributed by atoms with Gasteiger partial charge in [0, 0.05) is 50.7 Å². The highest BCUT2D eigenvalue weighted by Gasteiger charge is 2.32. The summed E-state index contributed by atoms with van der Waals surface area (Å²) in [6.07, 6.45) is 3.59. The maximum atomic E-state index is 13.3. The zero-order valence-corrected chi connectivity index (χ0v) is 17.7. The summed E-state index contributed by atoms with van der Waals surface area (Å²) in [4.78, 5) is 31.4. The zero-order valence-electron chi connectivity index (χ0n) is 16.1. The van der Waals surface area contributed by atoms with Crippen molar-refractivity contribution < 1.29 is 9.59 Å². The molecule has 1 aromatic carbocycles. The molecule has 0 radical (unpaired) electrons. The van der Waals surface area contributed by atoms with Gasteiger partial charge in [-0.2, -0.15) is 0 Å². The van der Waals surface area contributed by atoms with Gasteiger partial charge in [0.25, 0.3) is 5.91 Å². The number of benzene rings is 1. The largest absolute Gasteiger partial charge is 0.336 e. The maximum absolute atomic E-state index is 13.3. The molecule has 0 spiro atoms. The summed E-state index contributed by atoms with van der Waals surface area (Å²) in [6, 6.07) is 4.80. The minimum absolute atomic E-state index is 0. The standard InChI is InChI=1S/C19H24ClN5O2.ClH/c1-12(2)18(26)23-13-4-5-15(20)14(10-13)19(27)25-9-6-21-11-16(25)17-22-7-8-24(17)3;/h4-5,7-8,10,12,16,21H,6,9,11H2,1-3H3,(H,23,26);1H.